The quantitative estimate of drug-likeness (QED) is 0.369. The Balaban J connectivity index is 1.82. The highest BCUT2D eigenvalue weighted by Gasteiger charge is 2.05. The maximum absolute atomic E-state index is 12.2. The van der Waals surface area contributed by atoms with Gasteiger partial charge < -0.3 is 9.73 Å². The number of alkyl halides is 2. The van der Waals surface area contributed by atoms with Crippen LogP contribution in [0.25, 0.3) is 0 Å². The molecule has 4 nitrogen and oxygen atoms in total. The number of hydrogen-bond acceptors (Lipinski definition) is 4. The van der Waals surface area contributed by atoms with Crippen LogP contribution in [0.2, 0.25) is 0 Å². The van der Waals surface area contributed by atoms with Crippen LogP contribution in [-0.4, -0.2) is 17.1 Å². The molecule has 0 amide bonds. The summed E-state index contributed by atoms with van der Waals surface area (Å²) in [6.45, 7) is 1.84. The molecule has 22 heavy (non-hydrogen) atoms. The van der Waals surface area contributed by atoms with Crippen LogP contribution in [0, 0.1) is 6.92 Å². The van der Waals surface area contributed by atoms with Gasteiger partial charge in [0.2, 0.25) is 0 Å². The van der Waals surface area contributed by atoms with Crippen LogP contribution >= 0.6 is 24.0 Å². The number of nitrogens with one attached hydrogen (secondary N) is 2. The largest absolute Gasteiger partial charge is 0.460 e. The van der Waals surface area contributed by atoms with Crippen molar-refractivity contribution in [1.82, 2.24) is 5.43 Å². The van der Waals surface area contributed by atoms with Crippen LogP contribution in [-0.2, 0) is 0 Å². The lowest BCUT2D eigenvalue weighted by Gasteiger charge is -2.07. The Morgan fingerprint density at radius 3 is 2.59 bits per heavy atom. The molecule has 2 N–H and O–H groups in total. The molecule has 0 fully saturated rings. The molecule has 0 aliphatic heterocycles. The van der Waals surface area contributed by atoms with Crippen molar-refractivity contribution in [3.63, 3.8) is 0 Å². The lowest BCUT2D eigenvalue weighted by atomic mass is 10.3. The SMILES string of the molecule is Cc1ccc(/C=N\NC(=S)Nc2ccc(SC(F)F)cc2)o1. The number of benzene rings is 1. The molecule has 0 saturated carbocycles. The second-order valence-corrected chi connectivity index (χ2v) is 5.65. The van der Waals surface area contributed by atoms with Gasteiger partial charge in [-0.15, -0.1) is 0 Å². The molecule has 116 valence electrons. The van der Waals surface area contributed by atoms with Crippen molar-refractivity contribution in [1.29, 1.82) is 0 Å². The number of aryl methyl sites for hydroxylation is 1. The minimum atomic E-state index is -2.43. The summed E-state index contributed by atoms with van der Waals surface area (Å²) in [6.07, 6.45) is 1.50. The highest BCUT2D eigenvalue weighted by atomic mass is 32.2. The second-order valence-electron chi connectivity index (χ2n) is 4.18. The molecule has 0 unspecified atom stereocenters. The molecule has 0 aliphatic rings. The minimum Gasteiger partial charge on any atom is -0.460 e. The van der Waals surface area contributed by atoms with E-state index in [1.54, 1.807) is 30.3 Å². The van der Waals surface area contributed by atoms with Gasteiger partial charge in [-0.25, -0.2) is 0 Å². The molecular weight excluding hydrogens is 328 g/mol. The average molecular weight is 341 g/mol. The van der Waals surface area contributed by atoms with Crippen LogP contribution in [0.3, 0.4) is 0 Å². The highest BCUT2D eigenvalue weighted by molar-refractivity contribution is 7.99. The van der Waals surface area contributed by atoms with Gasteiger partial charge in [0.25, 0.3) is 5.76 Å². The first-order valence-corrected chi connectivity index (χ1v) is 7.53. The van der Waals surface area contributed by atoms with E-state index in [0.717, 1.165) is 5.76 Å². The van der Waals surface area contributed by atoms with Crippen LogP contribution in [0.5, 0.6) is 0 Å². The molecule has 0 radical (unpaired) electrons. The molecule has 2 rings (SSSR count). The van der Waals surface area contributed by atoms with Crippen molar-refractivity contribution in [2.24, 2.45) is 5.10 Å². The fourth-order valence-corrected chi connectivity index (χ4v) is 2.23. The lowest BCUT2D eigenvalue weighted by molar-refractivity contribution is 0.252. The summed E-state index contributed by atoms with van der Waals surface area (Å²) in [5, 5.41) is 7.11. The van der Waals surface area contributed by atoms with Crippen molar-refractivity contribution in [3.05, 3.63) is 47.9 Å². The van der Waals surface area contributed by atoms with Gasteiger partial charge >= 0.3 is 0 Å². The molecular formula is C14H13F2N3OS2. The Morgan fingerprint density at radius 1 is 1.27 bits per heavy atom. The molecule has 2 aromatic rings. The maximum atomic E-state index is 12.2. The van der Waals surface area contributed by atoms with E-state index in [0.29, 0.717) is 28.1 Å². The van der Waals surface area contributed by atoms with Gasteiger partial charge in [0, 0.05) is 10.6 Å². The van der Waals surface area contributed by atoms with Crippen LogP contribution in [0.1, 0.15) is 11.5 Å². The Morgan fingerprint density at radius 2 is 2.00 bits per heavy atom. The zero-order valence-corrected chi connectivity index (χ0v) is 13.2. The van der Waals surface area contributed by atoms with Crippen LogP contribution < -0.4 is 10.7 Å². The first-order valence-electron chi connectivity index (χ1n) is 6.24. The smallest absolute Gasteiger partial charge is 0.288 e. The van der Waals surface area contributed by atoms with E-state index in [1.165, 1.54) is 6.21 Å². The van der Waals surface area contributed by atoms with Crippen molar-refractivity contribution in [3.8, 4) is 0 Å². The van der Waals surface area contributed by atoms with E-state index >= 15 is 0 Å². The topological polar surface area (TPSA) is 49.6 Å². The Kier molecular flexibility index (Phi) is 5.91. The number of halogens is 2. The fraction of sp³-hybridized carbons (Fsp3) is 0.143. The maximum Gasteiger partial charge on any atom is 0.288 e. The number of hydrazone groups is 1. The number of furan rings is 1. The molecule has 8 heteroatoms. The zero-order valence-electron chi connectivity index (χ0n) is 11.5. The molecule has 0 bridgehead atoms. The molecule has 0 saturated heterocycles. The molecule has 0 spiro atoms. The Labute approximate surface area is 136 Å². The van der Waals surface area contributed by atoms with Crippen molar-refractivity contribution in [2.75, 3.05) is 5.32 Å². The molecule has 1 heterocycles. The standard InChI is InChI=1S/C14H13F2N3OS2/c1-9-2-5-11(20-9)8-17-19-14(21)18-10-3-6-12(7-4-10)22-13(15)16/h2-8,13H,1H3,(H2,18,19,21)/b17-8-. The van der Waals surface area contributed by atoms with E-state index in [2.05, 4.69) is 15.8 Å². The molecule has 1 aromatic carbocycles. The summed E-state index contributed by atoms with van der Waals surface area (Å²) in [5.74, 6) is -1.02. The van der Waals surface area contributed by atoms with E-state index in [1.807, 2.05) is 13.0 Å². The summed E-state index contributed by atoms with van der Waals surface area (Å²) in [7, 11) is 0. The molecule has 0 atom stereocenters. The minimum absolute atomic E-state index is 0.286. The van der Waals surface area contributed by atoms with Gasteiger partial charge in [0.1, 0.15) is 11.5 Å². The van der Waals surface area contributed by atoms with E-state index in [-0.39, 0.29) is 5.11 Å². The van der Waals surface area contributed by atoms with Gasteiger partial charge in [-0.1, -0.05) is 11.8 Å². The lowest BCUT2D eigenvalue weighted by Crippen LogP contribution is -2.23. The van der Waals surface area contributed by atoms with Gasteiger partial charge in [0.05, 0.1) is 6.21 Å². The molecule has 0 aliphatic carbocycles. The second kappa shape index (κ2) is 7.90. The first kappa shape index (κ1) is 16.4. The summed E-state index contributed by atoms with van der Waals surface area (Å²) >= 11 is 5.56. The predicted molar refractivity (Wildman–Crippen MR) is 88.7 cm³/mol. The van der Waals surface area contributed by atoms with E-state index in [9.17, 15) is 8.78 Å². The average Bonchev–Trinajstić information content (AvgIpc) is 2.86. The van der Waals surface area contributed by atoms with Crippen LogP contribution in [0.15, 0.2) is 50.8 Å². The van der Waals surface area contributed by atoms with Crippen LogP contribution in [0.4, 0.5) is 14.5 Å². The summed E-state index contributed by atoms with van der Waals surface area (Å²) in [4.78, 5) is 0.491. The molecule has 1 aromatic heterocycles. The Hall–Kier alpha value is -1.93. The Bertz CT molecular complexity index is 656. The summed E-state index contributed by atoms with van der Waals surface area (Å²) in [6, 6.07) is 10.1. The number of thioether (sulfide) groups is 1. The fourth-order valence-electron chi connectivity index (χ4n) is 1.56. The number of anilines is 1. The third kappa shape index (κ3) is 5.45. The number of rotatable bonds is 5. The predicted octanol–water partition coefficient (Wildman–Crippen LogP) is 4.22. The third-order valence-electron chi connectivity index (χ3n) is 2.46. The monoisotopic (exact) mass is 341 g/mol. The first-order chi connectivity index (χ1) is 10.5. The van der Waals surface area contributed by atoms with Gasteiger partial charge in [-0.05, 0) is 55.5 Å². The third-order valence-corrected chi connectivity index (χ3v) is 3.37. The van der Waals surface area contributed by atoms with Crippen molar-refractivity contribution in [2.45, 2.75) is 17.6 Å². The summed E-state index contributed by atoms with van der Waals surface area (Å²) < 4.78 is 29.7. The summed E-state index contributed by atoms with van der Waals surface area (Å²) in [5.41, 5.74) is 3.32. The van der Waals surface area contributed by atoms with Gasteiger partial charge in [0.15, 0.2) is 5.11 Å². The van der Waals surface area contributed by atoms with Crippen molar-refractivity contribution >= 4 is 41.0 Å². The normalized spacial score (nSPS) is 11.1. The van der Waals surface area contributed by atoms with E-state index in [4.69, 9.17) is 16.6 Å². The number of nitrogens with zero attached hydrogens (tertiary/aromatic N) is 1. The zero-order chi connectivity index (χ0) is 15.9. The van der Waals surface area contributed by atoms with Gasteiger partial charge in [-0.2, -0.15) is 13.9 Å². The number of hydrogen-bond donors (Lipinski definition) is 2. The van der Waals surface area contributed by atoms with Gasteiger partial charge in [-0.3, -0.25) is 5.43 Å². The highest BCUT2D eigenvalue weighted by Crippen LogP contribution is 2.26. The number of thiocarbonyl (C=S) groups is 1. The van der Waals surface area contributed by atoms with Crippen molar-refractivity contribution < 1.29 is 13.2 Å². The van der Waals surface area contributed by atoms with E-state index < -0.39 is 5.76 Å².